The van der Waals surface area contributed by atoms with Crippen LogP contribution < -0.4 is 4.90 Å². The molecule has 0 aliphatic carbocycles. The fourth-order valence-electron chi connectivity index (χ4n) is 3.20. The van der Waals surface area contributed by atoms with Crippen molar-refractivity contribution in [1.82, 2.24) is 14.9 Å². The van der Waals surface area contributed by atoms with Crippen molar-refractivity contribution >= 4 is 21.9 Å². The van der Waals surface area contributed by atoms with E-state index in [0.29, 0.717) is 12.1 Å². The first-order chi connectivity index (χ1) is 9.28. The van der Waals surface area contributed by atoms with E-state index in [9.17, 15) is 0 Å². The van der Waals surface area contributed by atoms with E-state index in [2.05, 4.69) is 42.6 Å². The first-order valence-corrected chi connectivity index (χ1v) is 8.27. The number of hydrogen-bond acceptors (Lipinski definition) is 4. The zero-order chi connectivity index (χ0) is 13.2. The van der Waals surface area contributed by atoms with E-state index in [0.717, 1.165) is 29.9 Å². The highest BCUT2D eigenvalue weighted by Crippen LogP contribution is 2.26. The van der Waals surface area contributed by atoms with Crippen molar-refractivity contribution in [3.05, 3.63) is 18.0 Å². The highest BCUT2D eigenvalue weighted by molar-refractivity contribution is 9.08. The normalized spacial score (nSPS) is 28.2. The van der Waals surface area contributed by atoms with Crippen molar-refractivity contribution in [2.24, 2.45) is 0 Å². The Bertz CT molecular complexity index is 422. The monoisotopic (exact) mass is 324 g/mol. The molecule has 3 rings (SSSR count). The molecule has 19 heavy (non-hydrogen) atoms. The summed E-state index contributed by atoms with van der Waals surface area (Å²) in [5, 5.41) is 0.819. The fraction of sp³-hybridized carbons (Fsp3) is 0.714. The quantitative estimate of drug-likeness (QED) is 0.782. The Morgan fingerprint density at radius 3 is 2.79 bits per heavy atom. The lowest BCUT2D eigenvalue weighted by Gasteiger charge is -2.47. The maximum atomic E-state index is 4.53. The number of nitrogens with zero attached hydrogens (tertiary/aromatic N) is 4. The first kappa shape index (κ1) is 13.3. The molecule has 1 aromatic rings. The fourth-order valence-corrected chi connectivity index (χ4v) is 3.49. The maximum absolute atomic E-state index is 4.53. The molecule has 0 bridgehead atoms. The van der Waals surface area contributed by atoms with Crippen LogP contribution in [-0.4, -0.2) is 46.6 Å². The highest BCUT2D eigenvalue weighted by Gasteiger charge is 2.33. The average Bonchev–Trinajstić information content (AvgIpc) is 2.47. The van der Waals surface area contributed by atoms with Gasteiger partial charge in [0, 0.05) is 42.9 Å². The van der Waals surface area contributed by atoms with Gasteiger partial charge in [0.25, 0.3) is 0 Å². The van der Waals surface area contributed by atoms with Crippen LogP contribution in [0.1, 0.15) is 31.7 Å². The average molecular weight is 325 g/mol. The summed E-state index contributed by atoms with van der Waals surface area (Å²) in [4.78, 5) is 14.1. The minimum absolute atomic E-state index is 0.504. The van der Waals surface area contributed by atoms with Crippen molar-refractivity contribution in [3.63, 3.8) is 0 Å². The minimum Gasteiger partial charge on any atom is -0.335 e. The molecule has 1 aromatic heterocycles. The molecular weight excluding hydrogens is 304 g/mol. The molecule has 4 nitrogen and oxygen atoms in total. The van der Waals surface area contributed by atoms with Gasteiger partial charge in [-0.3, -0.25) is 4.90 Å². The van der Waals surface area contributed by atoms with Gasteiger partial charge in [-0.15, -0.1) is 0 Å². The lowest BCUT2D eigenvalue weighted by molar-refractivity contribution is 0.115. The van der Waals surface area contributed by atoms with Crippen LogP contribution in [0.3, 0.4) is 0 Å². The van der Waals surface area contributed by atoms with Crippen molar-refractivity contribution in [2.75, 3.05) is 24.5 Å². The summed E-state index contributed by atoms with van der Waals surface area (Å²) in [6, 6.07) is 1.20. The lowest BCUT2D eigenvalue weighted by Crippen LogP contribution is -2.59. The second-order valence-corrected chi connectivity index (χ2v) is 6.23. The highest BCUT2D eigenvalue weighted by atomic mass is 79.9. The third kappa shape index (κ3) is 2.77. The van der Waals surface area contributed by atoms with Crippen LogP contribution in [0.15, 0.2) is 12.4 Å². The zero-order valence-electron chi connectivity index (χ0n) is 11.4. The SMILES string of the molecule is CC1CN2CCCCC2CN1c1ncc(CBr)cn1. The Balaban J connectivity index is 1.75. The summed E-state index contributed by atoms with van der Waals surface area (Å²) in [5.74, 6) is 0.891. The van der Waals surface area contributed by atoms with E-state index in [1.807, 2.05) is 12.4 Å². The number of hydrogen-bond donors (Lipinski definition) is 0. The van der Waals surface area contributed by atoms with Gasteiger partial charge >= 0.3 is 0 Å². The number of fused-ring (bicyclic) bond motifs is 1. The van der Waals surface area contributed by atoms with E-state index in [1.165, 1.54) is 25.8 Å². The Morgan fingerprint density at radius 2 is 2.05 bits per heavy atom. The second kappa shape index (κ2) is 5.75. The number of anilines is 1. The smallest absolute Gasteiger partial charge is 0.225 e. The summed E-state index contributed by atoms with van der Waals surface area (Å²) in [7, 11) is 0. The molecular formula is C14H21BrN4. The lowest BCUT2D eigenvalue weighted by atomic mass is 9.97. The number of piperazine rings is 1. The number of aromatic nitrogens is 2. The maximum Gasteiger partial charge on any atom is 0.225 e. The third-order valence-corrected chi connectivity index (χ3v) is 4.94. The third-order valence-electron chi connectivity index (χ3n) is 4.29. The molecule has 0 N–H and O–H groups in total. The van der Waals surface area contributed by atoms with Gasteiger partial charge in [0.1, 0.15) is 0 Å². The number of piperidine rings is 1. The van der Waals surface area contributed by atoms with Gasteiger partial charge < -0.3 is 4.90 Å². The molecule has 2 unspecified atom stereocenters. The molecule has 3 heterocycles. The van der Waals surface area contributed by atoms with E-state index in [-0.39, 0.29) is 0 Å². The van der Waals surface area contributed by atoms with E-state index in [1.54, 1.807) is 0 Å². The molecule has 0 spiro atoms. The van der Waals surface area contributed by atoms with Crippen molar-refractivity contribution in [1.29, 1.82) is 0 Å². The van der Waals surface area contributed by atoms with E-state index >= 15 is 0 Å². The number of rotatable bonds is 2. The van der Waals surface area contributed by atoms with Gasteiger partial charge in [-0.2, -0.15) is 0 Å². The van der Waals surface area contributed by atoms with Crippen LogP contribution in [0.5, 0.6) is 0 Å². The number of alkyl halides is 1. The van der Waals surface area contributed by atoms with Crippen LogP contribution in [0.2, 0.25) is 0 Å². The predicted molar refractivity (Wildman–Crippen MR) is 80.7 cm³/mol. The summed E-state index contributed by atoms with van der Waals surface area (Å²) in [6.07, 6.45) is 7.91. The molecule has 2 aliphatic rings. The number of halogens is 1. The molecule has 5 heteroatoms. The van der Waals surface area contributed by atoms with Crippen LogP contribution in [0.4, 0.5) is 5.95 Å². The second-order valence-electron chi connectivity index (χ2n) is 5.67. The Morgan fingerprint density at radius 1 is 1.26 bits per heavy atom. The Hall–Kier alpha value is -0.680. The molecule has 2 fully saturated rings. The topological polar surface area (TPSA) is 32.3 Å². The summed E-state index contributed by atoms with van der Waals surface area (Å²) < 4.78 is 0. The van der Waals surface area contributed by atoms with Crippen molar-refractivity contribution in [3.8, 4) is 0 Å². The molecule has 0 aromatic carbocycles. The van der Waals surface area contributed by atoms with Crippen molar-refractivity contribution < 1.29 is 0 Å². The summed E-state index contributed by atoms with van der Waals surface area (Å²) >= 11 is 3.44. The zero-order valence-corrected chi connectivity index (χ0v) is 13.0. The first-order valence-electron chi connectivity index (χ1n) is 7.15. The molecule has 104 valence electrons. The standard InChI is InChI=1S/C14H21BrN4/c1-11-9-18-5-3-2-4-13(18)10-19(11)14-16-7-12(6-15)8-17-14/h7-8,11,13H,2-6,9-10H2,1H3. The van der Waals surface area contributed by atoms with Gasteiger partial charge in [-0.05, 0) is 31.9 Å². The Kier molecular flexibility index (Phi) is 4.03. The van der Waals surface area contributed by atoms with Gasteiger partial charge in [-0.1, -0.05) is 22.4 Å². The molecule has 2 aliphatic heterocycles. The largest absolute Gasteiger partial charge is 0.335 e. The van der Waals surface area contributed by atoms with Gasteiger partial charge in [0.2, 0.25) is 5.95 Å². The minimum atomic E-state index is 0.504. The summed E-state index contributed by atoms with van der Waals surface area (Å²) in [6.45, 7) is 5.78. The molecule has 2 atom stereocenters. The molecule has 2 saturated heterocycles. The Labute approximate surface area is 123 Å². The van der Waals surface area contributed by atoms with Gasteiger partial charge in [0.15, 0.2) is 0 Å². The van der Waals surface area contributed by atoms with Crippen LogP contribution in [0, 0.1) is 0 Å². The van der Waals surface area contributed by atoms with Gasteiger partial charge in [0.05, 0.1) is 0 Å². The van der Waals surface area contributed by atoms with Crippen LogP contribution >= 0.6 is 15.9 Å². The van der Waals surface area contributed by atoms with Crippen LogP contribution in [-0.2, 0) is 5.33 Å². The van der Waals surface area contributed by atoms with E-state index < -0.39 is 0 Å². The predicted octanol–water partition coefficient (Wildman–Crippen LogP) is 2.43. The molecule has 0 radical (unpaired) electrons. The molecule has 0 amide bonds. The van der Waals surface area contributed by atoms with Crippen LogP contribution in [0.25, 0.3) is 0 Å². The molecule has 0 saturated carbocycles. The van der Waals surface area contributed by atoms with Gasteiger partial charge in [-0.25, -0.2) is 9.97 Å². The summed E-state index contributed by atoms with van der Waals surface area (Å²) in [5.41, 5.74) is 1.13. The van der Waals surface area contributed by atoms with E-state index in [4.69, 9.17) is 0 Å². The van der Waals surface area contributed by atoms with Crippen molar-refractivity contribution in [2.45, 2.75) is 43.6 Å².